The number of rotatable bonds is 4. The second-order valence-electron chi connectivity index (χ2n) is 2.95. The first-order valence-electron chi connectivity index (χ1n) is 4.51. The number of hydrogen-bond acceptors (Lipinski definition) is 3. The van der Waals surface area contributed by atoms with Crippen LogP contribution >= 0.6 is 11.8 Å². The number of imidazole rings is 1. The molecule has 0 bridgehead atoms. The van der Waals surface area contributed by atoms with E-state index in [4.69, 9.17) is 5.11 Å². The van der Waals surface area contributed by atoms with E-state index < -0.39 is 0 Å². The number of pyridine rings is 1. The van der Waals surface area contributed by atoms with Crippen LogP contribution in [0.25, 0.3) is 5.65 Å². The summed E-state index contributed by atoms with van der Waals surface area (Å²) in [6, 6.07) is 5.96. The highest BCUT2D eigenvalue weighted by Crippen LogP contribution is 2.13. The third-order valence-electron chi connectivity index (χ3n) is 1.98. The molecule has 2 heterocycles. The molecule has 0 radical (unpaired) electrons. The van der Waals surface area contributed by atoms with Gasteiger partial charge < -0.3 is 9.51 Å². The van der Waals surface area contributed by atoms with Crippen molar-refractivity contribution >= 4 is 17.4 Å². The Kier molecular flexibility index (Phi) is 3.06. The van der Waals surface area contributed by atoms with Crippen molar-refractivity contribution in [2.45, 2.75) is 5.75 Å². The predicted octanol–water partition coefficient (Wildman–Crippen LogP) is 1.56. The quantitative estimate of drug-likeness (QED) is 0.775. The Bertz CT molecular complexity index is 413. The van der Waals surface area contributed by atoms with Gasteiger partial charge in [-0.25, -0.2) is 4.98 Å². The molecule has 2 aromatic heterocycles. The first-order valence-corrected chi connectivity index (χ1v) is 5.67. The van der Waals surface area contributed by atoms with Crippen LogP contribution in [0, 0.1) is 0 Å². The molecule has 2 aromatic rings. The van der Waals surface area contributed by atoms with Gasteiger partial charge in [-0.3, -0.25) is 0 Å². The third-order valence-corrected chi connectivity index (χ3v) is 2.95. The van der Waals surface area contributed by atoms with Crippen molar-refractivity contribution in [1.29, 1.82) is 0 Å². The van der Waals surface area contributed by atoms with Gasteiger partial charge in [-0.2, -0.15) is 11.8 Å². The van der Waals surface area contributed by atoms with E-state index >= 15 is 0 Å². The Morgan fingerprint density at radius 3 is 3.21 bits per heavy atom. The Balaban J connectivity index is 2.17. The lowest BCUT2D eigenvalue weighted by Crippen LogP contribution is -1.92. The van der Waals surface area contributed by atoms with Crippen LogP contribution in [0.1, 0.15) is 5.69 Å². The van der Waals surface area contributed by atoms with Crippen molar-refractivity contribution in [3.05, 3.63) is 36.3 Å². The molecule has 0 saturated carbocycles. The minimum absolute atomic E-state index is 0.238. The summed E-state index contributed by atoms with van der Waals surface area (Å²) in [4.78, 5) is 4.28. The van der Waals surface area contributed by atoms with Gasteiger partial charge in [0.15, 0.2) is 0 Å². The number of nitrogens with zero attached hydrogens (tertiary/aromatic N) is 2. The van der Waals surface area contributed by atoms with Crippen molar-refractivity contribution in [2.75, 3.05) is 12.4 Å². The molecule has 0 unspecified atom stereocenters. The summed E-state index contributed by atoms with van der Waals surface area (Å²) in [6.07, 6.45) is 3.90. The molecule has 0 aliphatic carbocycles. The Hall–Kier alpha value is -1.00. The lowest BCUT2D eigenvalue weighted by Gasteiger charge is -1.99. The topological polar surface area (TPSA) is 37.5 Å². The summed E-state index contributed by atoms with van der Waals surface area (Å²) in [7, 11) is 0. The fourth-order valence-electron chi connectivity index (χ4n) is 1.33. The first kappa shape index (κ1) is 9.55. The van der Waals surface area contributed by atoms with Gasteiger partial charge in [0.2, 0.25) is 0 Å². The molecule has 0 spiro atoms. The Morgan fingerprint density at radius 1 is 1.43 bits per heavy atom. The van der Waals surface area contributed by atoms with Crippen molar-refractivity contribution in [3.63, 3.8) is 0 Å². The summed E-state index contributed by atoms with van der Waals surface area (Å²) in [5, 5.41) is 8.66. The smallest absolute Gasteiger partial charge is 0.136 e. The van der Waals surface area contributed by atoms with E-state index in [1.807, 2.05) is 30.6 Å². The summed E-state index contributed by atoms with van der Waals surface area (Å²) < 4.78 is 2.07. The molecule has 74 valence electrons. The molecule has 14 heavy (non-hydrogen) atoms. The molecule has 3 nitrogen and oxygen atoms in total. The fraction of sp³-hybridized carbons (Fsp3) is 0.300. The Labute approximate surface area is 86.8 Å². The van der Waals surface area contributed by atoms with Crippen LogP contribution in [0.5, 0.6) is 0 Å². The summed E-state index contributed by atoms with van der Waals surface area (Å²) in [6.45, 7) is 0.238. The van der Waals surface area contributed by atoms with E-state index in [-0.39, 0.29) is 6.61 Å². The number of thioether (sulfide) groups is 1. The second kappa shape index (κ2) is 4.48. The van der Waals surface area contributed by atoms with E-state index in [1.54, 1.807) is 11.8 Å². The van der Waals surface area contributed by atoms with Crippen LogP contribution in [0.3, 0.4) is 0 Å². The highest BCUT2D eigenvalue weighted by Gasteiger charge is 2.01. The maximum absolute atomic E-state index is 8.66. The van der Waals surface area contributed by atoms with Crippen LogP contribution in [-0.4, -0.2) is 26.9 Å². The largest absolute Gasteiger partial charge is 0.396 e. The van der Waals surface area contributed by atoms with Crippen molar-refractivity contribution in [3.8, 4) is 0 Å². The van der Waals surface area contributed by atoms with Gasteiger partial charge in [-0.1, -0.05) is 6.07 Å². The number of hydrogen-bond donors (Lipinski definition) is 1. The zero-order valence-corrected chi connectivity index (χ0v) is 8.57. The molecular weight excluding hydrogens is 196 g/mol. The number of aliphatic hydroxyl groups excluding tert-OH is 1. The van der Waals surface area contributed by atoms with E-state index in [9.17, 15) is 0 Å². The molecule has 4 heteroatoms. The molecule has 0 aliphatic rings. The first-order chi connectivity index (χ1) is 6.92. The van der Waals surface area contributed by atoms with Crippen molar-refractivity contribution < 1.29 is 5.11 Å². The monoisotopic (exact) mass is 208 g/mol. The fourth-order valence-corrected chi connectivity index (χ4v) is 2.03. The summed E-state index contributed by atoms with van der Waals surface area (Å²) >= 11 is 1.71. The zero-order valence-electron chi connectivity index (χ0n) is 7.76. The van der Waals surface area contributed by atoms with Gasteiger partial charge in [-0.15, -0.1) is 0 Å². The average molecular weight is 208 g/mol. The standard InChI is InChI=1S/C10H12N2OS/c13-5-6-14-8-9-7-11-10-3-1-2-4-12(9)10/h1-4,7,13H,5-6,8H2. The molecule has 0 saturated heterocycles. The molecular formula is C10H12N2OS. The maximum atomic E-state index is 8.66. The number of fused-ring (bicyclic) bond motifs is 1. The van der Waals surface area contributed by atoms with E-state index in [0.29, 0.717) is 0 Å². The van der Waals surface area contributed by atoms with E-state index in [2.05, 4.69) is 9.38 Å². The molecule has 0 atom stereocenters. The van der Waals surface area contributed by atoms with Gasteiger partial charge in [0.25, 0.3) is 0 Å². The average Bonchev–Trinajstić information content (AvgIpc) is 2.63. The Morgan fingerprint density at radius 2 is 2.36 bits per heavy atom. The number of aromatic nitrogens is 2. The molecule has 0 amide bonds. The number of aliphatic hydroxyl groups is 1. The SMILES string of the molecule is OCCSCc1cnc2ccccn12. The second-order valence-corrected chi connectivity index (χ2v) is 4.06. The summed E-state index contributed by atoms with van der Waals surface area (Å²) in [5.41, 5.74) is 2.16. The van der Waals surface area contributed by atoms with E-state index in [0.717, 1.165) is 17.2 Å². The van der Waals surface area contributed by atoms with Crippen molar-refractivity contribution in [2.24, 2.45) is 0 Å². The van der Waals surface area contributed by atoms with Gasteiger partial charge in [0.05, 0.1) is 18.5 Å². The summed E-state index contributed by atoms with van der Waals surface area (Å²) in [5.74, 6) is 1.67. The predicted molar refractivity (Wildman–Crippen MR) is 58.4 cm³/mol. The van der Waals surface area contributed by atoms with Gasteiger partial charge in [0.1, 0.15) is 5.65 Å². The third kappa shape index (κ3) is 1.91. The van der Waals surface area contributed by atoms with E-state index in [1.165, 1.54) is 5.69 Å². The highest BCUT2D eigenvalue weighted by atomic mass is 32.2. The molecule has 0 fully saturated rings. The zero-order chi connectivity index (χ0) is 9.80. The van der Waals surface area contributed by atoms with Crippen LogP contribution in [-0.2, 0) is 5.75 Å². The molecule has 1 N–H and O–H groups in total. The van der Waals surface area contributed by atoms with Crippen LogP contribution < -0.4 is 0 Å². The highest BCUT2D eigenvalue weighted by molar-refractivity contribution is 7.98. The maximum Gasteiger partial charge on any atom is 0.136 e. The molecule has 2 rings (SSSR count). The molecule has 0 aromatic carbocycles. The van der Waals surface area contributed by atoms with Gasteiger partial charge in [0, 0.05) is 17.7 Å². The minimum atomic E-state index is 0.238. The van der Waals surface area contributed by atoms with Gasteiger partial charge >= 0.3 is 0 Å². The minimum Gasteiger partial charge on any atom is -0.396 e. The molecule has 0 aliphatic heterocycles. The van der Waals surface area contributed by atoms with Crippen LogP contribution in [0.4, 0.5) is 0 Å². The normalized spacial score (nSPS) is 10.9. The van der Waals surface area contributed by atoms with Gasteiger partial charge in [-0.05, 0) is 12.1 Å². The lowest BCUT2D eigenvalue weighted by atomic mass is 10.4. The lowest BCUT2D eigenvalue weighted by molar-refractivity contribution is 0.322. The van der Waals surface area contributed by atoms with Crippen LogP contribution in [0.2, 0.25) is 0 Å². The van der Waals surface area contributed by atoms with Crippen LogP contribution in [0.15, 0.2) is 30.6 Å². The van der Waals surface area contributed by atoms with Crippen molar-refractivity contribution in [1.82, 2.24) is 9.38 Å².